The average molecular weight is 468 g/mol. The number of ether oxygens (including phenoxy) is 2. The summed E-state index contributed by atoms with van der Waals surface area (Å²) in [4.78, 5) is 52.6. The van der Waals surface area contributed by atoms with Crippen LogP contribution in [0.15, 0.2) is 11.6 Å². The molecule has 0 unspecified atom stereocenters. The molecule has 9 heteroatoms. The molecular formula is C24H41N3O6. The quantitative estimate of drug-likeness (QED) is 0.435. The third-order valence-electron chi connectivity index (χ3n) is 5.47. The van der Waals surface area contributed by atoms with E-state index in [9.17, 15) is 19.2 Å². The highest BCUT2D eigenvalue weighted by atomic mass is 16.6. The predicted molar refractivity (Wildman–Crippen MR) is 125 cm³/mol. The van der Waals surface area contributed by atoms with Crippen LogP contribution in [0.2, 0.25) is 0 Å². The van der Waals surface area contributed by atoms with Crippen molar-refractivity contribution < 1.29 is 28.7 Å². The first-order valence-corrected chi connectivity index (χ1v) is 11.6. The molecule has 0 saturated carbocycles. The summed E-state index contributed by atoms with van der Waals surface area (Å²) in [6.07, 6.45) is 2.40. The Morgan fingerprint density at radius 3 is 2.21 bits per heavy atom. The Hall–Kier alpha value is -2.58. The summed E-state index contributed by atoms with van der Waals surface area (Å²) in [7, 11) is 1.66. The van der Waals surface area contributed by atoms with Crippen LogP contribution in [0, 0.1) is 11.8 Å². The van der Waals surface area contributed by atoms with E-state index in [0.717, 1.165) is 0 Å². The molecule has 0 bridgehead atoms. The number of hydrogen-bond donors (Lipinski definition) is 1. The number of nitrogens with zero attached hydrogens (tertiary/aromatic N) is 2. The maximum Gasteiger partial charge on any atom is 0.410 e. The van der Waals surface area contributed by atoms with E-state index >= 15 is 0 Å². The van der Waals surface area contributed by atoms with Crippen LogP contribution in [-0.2, 0) is 23.9 Å². The van der Waals surface area contributed by atoms with E-state index in [1.165, 1.54) is 0 Å². The van der Waals surface area contributed by atoms with Crippen LogP contribution in [0.3, 0.4) is 0 Å². The predicted octanol–water partition coefficient (Wildman–Crippen LogP) is 2.74. The molecule has 9 nitrogen and oxygen atoms in total. The molecular weight excluding hydrogens is 426 g/mol. The van der Waals surface area contributed by atoms with Crippen molar-refractivity contribution in [1.29, 1.82) is 0 Å². The van der Waals surface area contributed by atoms with E-state index in [0.29, 0.717) is 31.5 Å². The molecule has 3 amide bonds. The molecule has 33 heavy (non-hydrogen) atoms. The molecule has 1 aliphatic heterocycles. The monoisotopic (exact) mass is 467 g/mol. The summed E-state index contributed by atoms with van der Waals surface area (Å²) in [6, 6.07) is -0.309. The number of amides is 3. The van der Waals surface area contributed by atoms with E-state index in [4.69, 9.17) is 9.47 Å². The van der Waals surface area contributed by atoms with E-state index in [1.807, 2.05) is 34.6 Å². The van der Waals surface area contributed by atoms with Crippen molar-refractivity contribution >= 4 is 23.9 Å². The van der Waals surface area contributed by atoms with E-state index in [1.54, 1.807) is 36.8 Å². The lowest BCUT2D eigenvalue weighted by Gasteiger charge is -2.33. The smallest absolute Gasteiger partial charge is 0.410 e. The normalized spacial score (nSPS) is 16.3. The molecule has 0 aromatic rings. The van der Waals surface area contributed by atoms with Crippen molar-refractivity contribution in [2.45, 2.75) is 73.0 Å². The third-order valence-corrected chi connectivity index (χ3v) is 5.47. The van der Waals surface area contributed by atoms with Gasteiger partial charge in [0.05, 0.1) is 19.2 Å². The van der Waals surface area contributed by atoms with Crippen molar-refractivity contribution in [3.05, 3.63) is 11.6 Å². The lowest BCUT2D eigenvalue weighted by Crippen LogP contribution is -2.48. The number of likely N-dealkylation sites (N-methyl/N-ethyl adjacent to an activating group) is 1. The number of rotatable bonds is 8. The molecule has 0 aromatic carbocycles. The minimum absolute atomic E-state index is 0.0659. The maximum atomic E-state index is 12.7. The number of likely N-dealkylation sites (tertiary alicyclic amines) is 1. The molecule has 0 spiro atoms. The topological polar surface area (TPSA) is 105 Å². The van der Waals surface area contributed by atoms with Gasteiger partial charge in [0.15, 0.2) is 0 Å². The molecule has 1 saturated heterocycles. The van der Waals surface area contributed by atoms with Crippen molar-refractivity contribution in [3.8, 4) is 0 Å². The van der Waals surface area contributed by atoms with Gasteiger partial charge in [-0.2, -0.15) is 0 Å². The molecule has 1 aliphatic rings. The van der Waals surface area contributed by atoms with Gasteiger partial charge in [-0.15, -0.1) is 0 Å². The average Bonchev–Trinajstić information content (AvgIpc) is 2.73. The summed E-state index contributed by atoms with van der Waals surface area (Å²) in [5.41, 5.74) is -0.119. The second-order valence-corrected chi connectivity index (χ2v) is 9.77. The molecule has 1 atom stereocenters. The Kier molecular flexibility index (Phi) is 10.9. The van der Waals surface area contributed by atoms with E-state index in [-0.39, 0.29) is 48.9 Å². The second kappa shape index (κ2) is 12.6. The number of esters is 1. The van der Waals surface area contributed by atoms with Gasteiger partial charge in [-0.3, -0.25) is 9.59 Å². The molecule has 0 aliphatic carbocycles. The fraction of sp³-hybridized carbons (Fsp3) is 0.750. The van der Waals surface area contributed by atoms with Crippen molar-refractivity contribution in [1.82, 2.24) is 15.1 Å². The van der Waals surface area contributed by atoms with Gasteiger partial charge in [0, 0.05) is 31.6 Å². The number of nitrogens with one attached hydrogen (secondary N) is 1. The van der Waals surface area contributed by atoms with Gasteiger partial charge in [0.1, 0.15) is 5.60 Å². The highest BCUT2D eigenvalue weighted by molar-refractivity contribution is 5.88. The van der Waals surface area contributed by atoms with Gasteiger partial charge in [-0.05, 0) is 53.4 Å². The van der Waals surface area contributed by atoms with Crippen molar-refractivity contribution in [2.75, 3.05) is 33.3 Å². The van der Waals surface area contributed by atoms with Crippen molar-refractivity contribution in [3.63, 3.8) is 0 Å². The second-order valence-electron chi connectivity index (χ2n) is 9.77. The lowest BCUT2D eigenvalue weighted by molar-refractivity contribution is -0.138. The first kappa shape index (κ1) is 28.5. The van der Waals surface area contributed by atoms with E-state index in [2.05, 4.69) is 5.32 Å². The molecule has 1 fully saturated rings. The van der Waals surface area contributed by atoms with Gasteiger partial charge >= 0.3 is 12.1 Å². The van der Waals surface area contributed by atoms with Crippen LogP contribution in [0.5, 0.6) is 0 Å². The van der Waals surface area contributed by atoms with E-state index < -0.39 is 11.6 Å². The number of carbonyl (C=O) groups is 4. The largest absolute Gasteiger partial charge is 0.463 e. The molecule has 0 radical (unpaired) electrons. The van der Waals surface area contributed by atoms with Crippen LogP contribution in [-0.4, -0.2) is 78.6 Å². The Morgan fingerprint density at radius 1 is 1.15 bits per heavy atom. The summed E-state index contributed by atoms with van der Waals surface area (Å²) in [6.45, 7) is 13.8. The zero-order chi connectivity index (χ0) is 25.3. The zero-order valence-corrected chi connectivity index (χ0v) is 21.4. The van der Waals surface area contributed by atoms with Crippen LogP contribution >= 0.6 is 0 Å². The highest BCUT2D eigenvalue weighted by Crippen LogP contribution is 2.20. The van der Waals surface area contributed by atoms with Gasteiger partial charge < -0.3 is 24.6 Å². The number of hydrogen-bond acceptors (Lipinski definition) is 6. The first-order valence-electron chi connectivity index (χ1n) is 11.6. The minimum Gasteiger partial charge on any atom is -0.463 e. The Bertz CT molecular complexity index is 733. The fourth-order valence-corrected chi connectivity index (χ4v) is 3.57. The summed E-state index contributed by atoms with van der Waals surface area (Å²) < 4.78 is 10.4. The third kappa shape index (κ3) is 9.43. The van der Waals surface area contributed by atoms with Crippen LogP contribution in [0.25, 0.3) is 0 Å². The van der Waals surface area contributed by atoms with Gasteiger partial charge in [0.2, 0.25) is 11.8 Å². The highest BCUT2D eigenvalue weighted by Gasteiger charge is 2.30. The lowest BCUT2D eigenvalue weighted by atomic mass is 9.96. The maximum absolute atomic E-state index is 12.7. The molecule has 0 aromatic heterocycles. The van der Waals surface area contributed by atoms with Gasteiger partial charge in [-0.1, -0.05) is 19.9 Å². The first-order chi connectivity index (χ1) is 15.3. The van der Waals surface area contributed by atoms with Gasteiger partial charge in [-0.25, -0.2) is 9.59 Å². The summed E-state index contributed by atoms with van der Waals surface area (Å²) in [5, 5.41) is 2.73. The van der Waals surface area contributed by atoms with Crippen molar-refractivity contribution in [2.24, 2.45) is 11.8 Å². The SMILES string of the molecule is CCOC(=O)/C(C)=C/[C@H](C(C)C)N(C)C(=O)CNC(=O)C1CCN(C(=O)OC(C)(C)C)CC1. The summed E-state index contributed by atoms with van der Waals surface area (Å²) in [5.74, 6) is -1.04. The minimum atomic E-state index is -0.560. The number of carbonyl (C=O) groups excluding carboxylic acids is 4. The van der Waals surface area contributed by atoms with Crippen LogP contribution < -0.4 is 5.32 Å². The Balaban J connectivity index is 2.60. The fourth-order valence-electron chi connectivity index (χ4n) is 3.57. The van der Waals surface area contributed by atoms with Crippen LogP contribution in [0.4, 0.5) is 4.79 Å². The molecule has 1 N–H and O–H groups in total. The van der Waals surface area contributed by atoms with Crippen LogP contribution in [0.1, 0.15) is 61.3 Å². The molecule has 188 valence electrons. The zero-order valence-electron chi connectivity index (χ0n) is 21.4. The molecule has 1 heterocycles. The Morgan fingerprint density at radius 2 is 1.73 bits per heavy atom. The Labute approximate surface area is 197 Å². The summed E-state index contributed by atoms with van der Waals surface area (Å²) >= 11 is 0. The standard InChI is InChI=1S/C24H41N3O6/c1-9-32-22(30)17(4)14-19(16(2)3)26(8)20(28)15-25-21(29)18-10-12-27(13-11-18)23(31)33-24(5,6)7/h14,16,18-19H,9-13,15H2,1-8H3,(H,25,29)/b17-14+/t19-/m1/s1. The number of piperidine rings is 1. The van der Waals surface area contributed by atoms with Gasteiger partial charge in [0.25, 0.3) is 0 Å². The molecule has 1 rings (SSSR count).